The number of aliphatic hydroxyl groups excluding tert-OH is 3. The Kier molecular flexibility index (Phi) is 3.46. The lowest BCUT2D eigenvalue weighted by Crippen LogP contribution is -2.64. The highest BCUT2D eigenvalue weighted by atomic mass is 16.5. The molecule has 106 valence electrons. The molecule has 0 unspecified atom stereocenters. The van der Waals surface area contributed by atoms with Crippen LogP contribution in [0.3, 0.4) is 0 Å². The molecule has 2 aliphatic rings. The predicted octanol–water partition coefficient (Wildman–Crippen LogP) is -0.626. The summed E-state index contributed by atoms with van der Waals surface area (Å²) in [7, 11) is 0. The van der Waals surface area contributed by atoms with Gasteiger partial charge in [-0.3, -0.25) is 0 Å². The second-order valence-electron chi connectivity index (χ2n) is 5.14. The van der Waals surface area contributed by atoms with Gasteiger partial charge in [-0.15, -0.1) is 0 Å². The summed E-state index contributed by atoms with van der Waals surface area (Å²) in [6.07, 6.45) is -4.71. The number of benzene rings is 1. The first-order valence-corrected chi connectivity index (χ1v) is 6.53. The Labute approximate surface area is 116 Å². The molecule has 6 atom stereocenters. The van der Waals surface area contributed by atoms with Gasteiger partial charge in [-0.1, -0.05) is 30.3 Å². The molecular weight excluding hydrogens is 260 g/mol. The van der Waals surface area contributed by atoms with Crippen LogP contribution in [0.5, 0.6) is 0 Å². The van der Waals surface area contributed by atoms with Crippen LogP contribution in [-0.4, -0.2) is 57.4 Å². The molecular formula is C14H16N2O4. The molecule has 6 heteroatoms. The lowest BCUT2D eigenvalue weighted by molar-refractivity contribution is -0.194. The molecule has 0 spiro atoms. The van der Waals surface area contributed by atoms with E-state index in [0.717, 1.165) is 5.56 Å². The summed E-state index contributed by atoms with van der Waals surface area (Å²) in [5.41, 5.74) is 0.950. The Bertz CT molecular complexity index is 518. The number of nitrogens with zero attached hydrogens (tertiary/aromatic N) is 2. The second-order valence-corrected chi connectivity index (χ2v) is 5.14. The van der Waals surface area contributed by atoms with Crippen LogP contribution in [0.2, 0.25) is 0 Å². The van der Waals surface area contributed by atoms with E-state index in [-0.39, 0.29) is 6.04 Å². The van der Waals surface area contributed by atoms with E-state index in [2.05, 4.69) is 0 Å². The Hall–Kier alpha value is -1.49. The zero-order valence-electron chi connectivity index (χ0n) is 10.7. The molecule has 0 aliphatic carbocycles. The maximum absolute atomic E-state index is 10.0. The fourth-order valence-corrected chi connectivity index (χ4v) is 2.99. The molecule has 0 radical (unpaired) electrons. The zero-order valence-corrected chi connectivity index (χ0v) is 10.7. The number of piperidine rings is 1. The summed E-state index contributed by atoms with van der Waals surface area (Å²) in [5, 5.41) is 39.1. The predicted molar refractivity (Wildman–Crippen MR) is 68.2 cm³/mol. The van der Waals surface area contributed by atoms with Crippen LogP contribution >= 0.6 is 0 Å². The van der Waals surface area contributed by atoms with Gasteiger partial charge >= 0.3 is 0 Å². The summed E-state index contributed by atoms with van der Waals surface area (Å²) in [6.45, 7) is 0.309. The van der Waals surface area contributed by atoms with Crippen molar-refractivity contribution in [2.24, 2.45) is 0 Å². The summed E-state index contributed by atoms with van der Waals surface area (Å²) in [5.74, 6) is 0. The number of fused-ring (bicyclic) bond motifs is 1. The molecule has 1 aromatic carbocycles. The Morgan fingerprint density at radius 2 is 1.80 bits per heavy atom. The molecule has 2 heterocycles. The van der Waals surface area contributed by atoms with Crippen molar-refractivity contribution in [3.63, 3.8) is 0 Å². The van der Waals surface area contributed by atoms with Crippen LogP contribution in [0.15, 0.2) is 30.3 Å². The van der Waals surface area contributed by atoms with Crippen LogP contribution < -0.4 is 0 Å². The second kappa shape index (κ2) is 5.13. The SMILES string of the molecule is N#C[C@H]1[C@H](O)[C@@H](O)[C@H](O)[C@@H]2OC[C@H](c3ccccc3)N12. The third kappa shape index (κ3) is 1.92. The molecule has 2 saturated heterocycles. The normalized spacial score (nSPS) is 41.1. The summed E-state index contributed by atoms with van der Waals surface area (Å²) < 4.78 is 5.54. The molecule has 3 N–H and O–H groups in total. The van der Waals surface area contributed by atoms with Gasteiger partial charge in [0.2, 0.25) is 0 Å². The Morgan fingerprint density at radius 3 is 2.45 bits per heavy atom. The first-order valence-electron chi connectivity index (χ1n) is 6.53. The fourth-order valence-electron chi connectivity index (χ4n) is 2.99. The minimum absolute atomic E-state index is 0.220. The minimum atomic E-state index is -1.38. The molecule has 20 heavy (non-hydrogen) atoms. The molecule has 6 nitrogen and oxygen atoms in total. The number of hydrogen-bond acceptors (Lipinski definition) is 6. The van der Waals surface area contributed by atoms with E-state index in [0.29, 0.717) is 6.61 Å². The third-order valence-corrected chi connectivity index (χ3v) is 4.03. The topological polar surface area (TPSA) is 97.0 Å². The van der Waals surface area contributed by atoms with E-state index in [4.69, 9.17) is 4.74 Å². The van der Waals surface area contributed by atoms with E-state index >= 15 is 0 Å². The third-order valence-electron chi connectivity index (χ3n) is 4.03. The number of rotatable bonds is 1. The molecule has 0 aromatic heterocycles. The summed E-state index contributed by atoms with van der Waals surface area (Å²) in [4.78, 5) is 1.65. The largest absolute Gasteiger partial charge is 0.388 e. The van der Waals surface area contributed by atoms with Gasteiger partial charge in [0.1, 0.15) is 30.6 Å². The monoisotopic (exact) mass is 276 g/mol. The lowest BCUT2D eigenvalue weighted by atomic mass is 9.91. The van der Waals surface area contributed by atoms with Gasteiger partial charge in [0.05, 0.1) is 18.7 Å². The van der Waals surface area contributed by atoms with Crippen LogP contribution in [0.4, 0.5) is 0 Å². The number of ether oxygens (including phenoxy) is 1. The number of hydrogen-bond donors (Lipinski definition) is 3. The van der Waals surface area contributed by atoms with Gasteiger partial charge in [-0.25, -0.2) is 4.90 Å². The number of aliphatic hydroxyl groups is 3. The van der Waals surface area contributed by atoms with E-state index in [9.17, 15) is 20.6 Å². The van der Waals surface area contributed by atoms with Gasteiger partial charge in [0.15, 0.2) is 0 Å². The molecule has 0 amide bonds. The van der Waals surface area contributed by atoms with Gasteiger partial charge < -0.3 is 20.1 Å². The van der Waals surface area contributed by atoms with Crippen molar-refractivity contribution >= 4 is 0 Å². The molecule has 2 aliphatic heterocycles. The van der Waals surface area contributed by atoms with Gasteiger partial charge in [0.25, 0.3) is 0 Å². The molecule has 0 saturated carbocycles. The van der Waals surface area contributed by atoms with E-state index in [1.54, 1.807) is 4.90 Å². The van der Waals surface area contributed by atoms with Gasteiger partial charge in [0, 0.05) is 0 Å². The smallest absolute Gasteiger partial charge is 0.141 e. The maximum Gasteiger partial charge on any atom is 0.141 e. The van der Waals surface area contributed by atoms with E-state index in [1.165, 1.54) is 0 Å². The van der Waals surface area contributed by atoms with Crippen molar-refractivity contribution in [2.45, 2.75) is 36.6 Å². The standard InChI is InChI=1S/C14H16N2O4/c15-6-9-11(17)12(18)13(19)14-16(9)10(7-20-14)8-4-2-1-3-5-8/h1-5,9-14,17-19H,7H2/t9-,10+,11-,12+,13-,14-/m0/s1. The summed E-state index contributed by atoms with van der Waals surface area (Å²) in [6, 6.07) is 10.4. The zero-order chi connectivity index (χ0) is 14.3. The van der Waals surface area contributed by atoms with Crippen LogP contribution in [0.25, 0.3) is 0 Å². The van der Waals surface area contributed by atoms with Crippen LogP contribution in [0.1, 0.15) is 11.6 Å². The average Bonchev–Trinajstić information content (AvgIpc) is 2.91. The Morgan fingerprint density at radius 1 is 1.10 bits per heavy atom. The highest BCUT2D eigenvalue weighted by Gasteiger charge is 2.54. The first kappa shape index (κ1) is 13.5. The van der Waals surface area contributed by atoms with E-state index in [1.807, 2.05) is 36.4 Å². The summed E-state index contributed by atoms with van der Waals surface area (Å²) >= 11 is 0. The van der Waals surface area contributed by atoms with Crippen molar-refractivity contribution in [3.05, 3.63) is 35.9 Å². The molecule has 0 bridgehead atoms. The number of nitriles is 1. The lowest BCUT2D eigenvalue weighted by Gasteiger charge is -2.43. The van der Waals surface area contributed by atoms with E-state index < -0.39 is 30.6 Å². The van der Waals surface area contributed by atoms with Crippen LogP contribution in [0, 0.1) is 11.3 Å². The minimum Gasteiger partial charge on any atom is -0.388 e. The highest BCUT2D eigenvalue weighted by Crippen LogP contribution is 2.38. The molecule has 1 aromatic rings. The van der Waals surface area contributed by atoms with Crippen molar-refractivity contribution in [1.29, 1.82) is 5.26 Å². The average molecular weight is 276 g/mol. The molecule has 3 rings (SSSR count). The maximum atomic E-state index is 10.0. The quantitative estimate of drug-likeness (QED) is 0.632. The van der Waals surface area contributed by atoms with Crippen molar-refractivity contribution in [2.75, 3.05) is 6.61 Å². The fraction of sp³-hybridized carbons (Fsp3) is 0.500. The highest BCUT2D eigenvalue weighted by molar-refractivity contribution is 5.23. The van der Waals surface area contributed by atoms with Gasteiger partial charge in [-0.05, 0) is 5.56 Å². The van der Waals surface area contributed by atoms with Crippen LogP contribution in [-0.2, 0) is 4.74 Å². The molecule has 2 fully saturated rings. The van der Waals surface area contributed by atoms with Gasteiger partial charge in [-0.2, -0.15) is 5.26 Å². The van der Waals surface area contributed by atoms with Crippen molar-refractivity contribution in [3.8, 4) is 6.07 Å². The first-order chi connectivity index (χ1) is 9.65. The Balaban J connectivity index is 1.96. The van der Waals surface area contributed by atoms with Crippen molar-refractivity contribution < 1.29 is 20.1 Å². The van der Waals surface area contributed by atoms with Crippen molar-refractivity contribution in [1.82, 2.24) is 4.90 Å².